The number of nitrogens with zero attached hydrogens (tertiary/aromatic N) is 2. The first kappa shape index (κ1) is 20.4. The number of carbonyl (C=O) groups excluding carboxylic acids is 1. The van der Waals surface area contributed by atoms with Crippen molar-refractivity contribution in [2.75, 3.05) is 27.7 Å². The molecule has 144 valence electrons. The van der Waals surface area contributed by atoms with Crippen LogP contribution in [0.4, 0.5) is 13.6 Å². The van der Waals surface area contributed by atoms with E-state index in [1.807, 2.05) is 30.3 Å². The summed E-state index contributed by atoms with van der Waals surface area (Å²) in [5, 5.41) is 0. The molecule has 2 aromatic carbocycles. The molecule has 0 aromatic heterocycles. The number of amides is 2. The van der Waals surface area contributed by atoms with Crippen molar-refractivity contribution in [1.82, 2.24) is 9.80 Å². The van der Waals surface area contributed by atoms with Gasteiger partial charge in [-0.2, -0.15) is 8.78 Å². The number of benzene rings is 2. The number of hydrogen-bond donors (Lipinski definition) is 0. The van der Waals surface area contributed by atoms with Crippen LogP contribution >= 0.6 is 0 Å². The van der Waals surface area contributed by atoms with Crippen molar-refractivity contribution >= 4 is 11.6 Å². The van der Waals surface area contributed by atoms with Crippen molar-refractivity contribution in [2.24, 2.45) is 0 Å². The standard InChI is InChI=1S/C21H24F2N2O2/c1-24(2)21(26)25(3)14-13-19(20(22)23)17-9-11-18(12-10-17)27-15-16-7-5-4-6-8-16/h4-12H,13-15H2,1-3H3. The summed E-state index contributed by atoms with van der Waals surface area (Å²) in [5.41, 5.74) is 1.39. The largest absolute Gasteiger partial charge is 0.489 e. The van der Waals surface area contributed by atoms with Crippen molar-refractivity contribution in [3.05, 3.63) is 71.8 Å². The molecule has 0 unspecified atom stereocenters. The van der Waals surface area contributed by atoms with Gasteiger partial charge in [0.25, 0.3) is 6.08 Å². The Morgan fingerprint density at radius 1 is 0.963 bits per heavy atom. The average molecular weight is 374 g/mol. The molecular formula is C21H24F2N2O2. The molecule has 0 spiro atoms. The first-order valence-electron chi connectivity index (χ1n) is 8.62. The zero-order valence-electron chi connectivity index (χ0n) is 15.8. The van der Waals surface area contributed by atoms with Gasteiger partial charge in [0.2, 0.25) is 0 Å². The SMILES string of the molecule is CN(C)C(=O)N(C)CCC(=C(F)F)c1ccc(OCc2ccccc2)cc1. The van der Waals surface area contributed by atoms with Gasteiger partial charge in [0.1, 0.15) is 12.4 Å². The quantitative estimate of drug-likeness (QED) is 0.692. The summed E-state index contributed by atoms with van der Waals surface area (Å²) >= 11 is 0. The summed E-state index contributed by atoms with van der Waals surface area (Å²) in [6, 6.07) is 16.1. The predicted molar refractivity (Wildman–Crippen MR) is 103 cm³/mol. The number of hydrogen-bond acceptors (Lipinski definition) is 2. The van der Waals surface area contributed by atoms with Crippen LogP contribution in [-0.2, 0) is 6.61 Å². The topological polar surface area (TPSA) is 32.8 Å². The zero-order valence-corrected chi connectivity index (χ0v) is 15.8. The van der Waals surface area contributed by atoms with E-state index in [9.17, 15) is 13.6 Å². The highest BCUT2D eigenvalue weighted by Crippen LogP contribution is 2.26. The first-order valence-corrected chi connectivity index (χ1v) is 8.62. The molecule has 0 radical (unpaired) electrons. The van der Waals surface area contributed by atoms with Crippen LogP contribution in [0.1, 0.15) is 17.5 Å². The molecule has 0 heterocycles. The van der Waals surface area contributed by atoms with Gasteiger partial charge in [-0.3, -0.25) is 0 Å². The molecular weight excluding hydrogens is 350 g/mol. The summed E-state index contributed by atoms with van der Waals surface area (Å²) in [6.45, 7) is 0.619. The second-order valence-electron chi connectivity index (χ2n) is 6.39. The molecule has 0 aliphatic rings. The smallest absolute Gasteiger partial charge is 0.319 e. The van der Waals surface area contributed by atoms with Crippen molar-refractivity contribution in [3.8, 4) is 5.75 Å². The molecule has 2 rings (SSSR count). The normalized spacial score (nSPS) is 10.3. The van der Waals surface area contributed by atoms with Crippen LogP contribution in [0.15, 0.2) is 60.7 Å². The summed E-state index contributed by atoms with van der Waals surface area (Å²) < 4.78 is 32.5. The minimum Gasteiger partial charge on any atom is -0.489 e. The number of ether oxygens (including phenoxy) is 1. The third-order valence-electron chi connectivity index (χ3n) is 4.09. The van der Waals surface area contributed by atoms with Crippen LogP contribution in [-0.4, -0.2) is 43.5 Å². The Bertz CT molecular complexity index is 771. The van der Waals surface area contributed by atoms with E-state index in [0.717, 1.165) is 5.56 Å². The maximum Gasteiger partial charge on any atom is 0.319 e. The van der Waals surface area contributed by atoms with Gasteiger partial charge >= 0.3 is 6.03 Å². The lowest BCUT2D eigenvalue weighted by Gasteiger charge is -2.22. The van der Waals surface area contributed by atoms with Crippen molar-refractivity contribution in [1.29, 1.82) is 0 Å². The summed E-state index contributed by atoms with van der Waals surface area (Å²) in [4.78, 5) is 14.7. The van der Waals surface area contributed by atoms with E-state index in [-0.39, 0.29) is 24.6 Å². The Morgan fingerprint density at radius 2 is 1.59 bits per heavy atom. The van der Waals surface area contributed by atoms with Gasteiger partial charge in [-0.25, -0.2) is 4.79 Å². The Hall–Kier alpha value is -2.89. The molecule has 0 fully saturated rings. The average Bonchev–Trinajstić information content (AvgIpc) is 2.67. The minimum absolute atomic E-state index is 0.0667. The molecule has 4 nitrogen and oxygen atoms in total. The van der Waals surface area contributed by atoms with Gasteiger partial charge in [0.15, 0.2) is 0 Å². The molecule has 2 amide bonds. The fraction of sp³-hybridized carbons (Fsp3) is 0.286. The van der Waals surface area contributed by atoms with E-state index in [2.05, 4.69) is 0 Å². The van der Waals surface area contributed by atoms with Gasteiger partial charge in [-0.15, -0.1) is 0 Å². The Kier molecular flexibility index (Phi) is 7.34. The van der Waals surface area contributed by atoms with Gasteiger partial charge in [-0.1, -0.05) is 42.5 Å². The van der Waals surface area contributed by atoms with Gasteiger partial charge in [0.05, 0.1) is 0 Å². The fourth-order valence-corrected chi connectivity index (χ4v) is 2.56. The second-order valence-corrected chi connectivity index (χ2v) is 6.39. The van der Waals surface area contributed by atoms with Crippen LogP contribution in [0, 0.1) is 0 Å². The van der Waals surface area contributed by atoms with Crippen LogP contribution in [0.3, 0.4) is 0 Å². The third-order valence-corrected chi connectivity index (χ3v) is 4.09. The van der Waals surface area contributed by atoms with E-state index in [1.165, 1.54) is 9.80 Å². The minimum atomic E-state index is -1.74. The highest BCUT2D eigenvalue weighted by Gasteiger charge is 2.15. The maximum absolute atomic E-state index is 13.4. The first-order chi connectivity index (χ1) is 12.9. The van der Waals surface area contributed by atoms with E-state index in [1.54, 1.807) is 45.4 Å². The van der Waals surface area contributed by atoms with E-state index < -0.39 is 6.08 Å². The van der Waals surface area contributed by atoms with Crippen LogP contribution in [0.2, 0.25) is 0 Å². The van der Waals surface area contributed by atoms with Gasteiger partial charge in [-0.05, 0) is 29.7 Å². The summed E-state index contributed by atoms with van der Waals surface area (Å²) in [7, 11) is 4.84. The number of carbonyl (C=O) groups is 1. The Balaban J connectivity index is 1.99. The molecule has 0 bridgehead atoms. The lowest BCUT2D eigenvalue weighted by atomic mass is 10.0. The van der Waals surface area contributed by atoms with Crippen LogP contribution < -0.4 is 4.74 Å². The molecule has 0 aliphatic carbocycles. The summed E-state index contributed by atoms with van der Waals surface area (Å²) in [5.74, 6) is 0.612. The number of halogens is 2. The molecule has 0 saturated heterocycles. The highest BCUT2D eigenvalue weighted by molar-refractivity contribution is 5.74. The molecule has 2 aromatic rings. The Morgan fingerprint density at radius 3 is 2.15 bits per heavy atom. The lowest BCUT2D eigenvalue weighted by Crippen LogP contribution is -2.36. The monoisotopic (exact) mass is 374 g/mol. The Labute approximate surface area is 158 Å². The molecule has 0 aliphatic heterocycles. The second kappa shape index (κ2) is 9.71. The fourth-order valence-electron chi connectivity index (χ4n) is 2.56. The van der Waals surface area contributed by atoms with Gasteiger partial charge in [0, 0.05) is 33.3 Å². The number of rotatable bonds is 7. The highest BCUT2D eigenvalue weighted by atomic mass is 19.3. The predicted octanol–water partition coefficient (Wildman–Crippen LogP) is 4.88. The zero-order chi connectivity index (χ0) is 19.8. The van der Waals surface area contributed by atoms with Gasteiger partial charge < -0.3 is 14.5 Å². The van der Waals surface area contributed by atoms with Crippen molar-refractivity contribution in [3.63, 3.8) is 0 Å². The van der Waals surface area contributed by atoms with Crippen molar-refractivity contribution < 1.29 is 18.3 Å². The summed E-state index contributed by atoms with van der Waals surface area (Å²) in [6.07, 6.45) is -1.67. The van der Waals surface area contributed by atoms with E-state index >= 15 is 0 Å². The van der Waals surface area contributed by atoms with Crippen molar-refractivity contribution in [2.45, 2.75) is 13.0 Å². The molecule has 27 heavy (non-hydrogen) atoms. The molecule has 0 N–H and O–H groups in total. The lowest BCUT2D eigenvalue weighted by molar-refractivity contribution is 0.183. The molecule has 0 saturated carbocycles. The third kappa shape index (κ3) is 6.09. The van der Waals surface area contributed by atoms with E-state index in [4.69, 9.17) is 4.74 Å². The maximum atomic E-state index is 13.4. The number of urea groups is 1. The molecule has 0 atom stereocenters. The molecule has 6 heteroatoms. The van der Waals surface area contributed by atoms with E-state index in [0.29, 0.717) is 17.9 Å². The van der Waals surface area contributed by atoms with Crippen LogP contribution in [0.25, 0.3) is 5.57 Å². The van der Waals surface area contributed by atoms with Crippen LogP contribution in [0.5, 0.6) is 5.75 Å².